The first kappa shape index (κ1) is 14.5. The number of aromatic nitrogens is 2. The van der Waals surface area contributed by atoms with E-state index in [0.29, 0.717) is 5.69 Å². The number of benzene rings is 1. The van der Waals surface area contributed by atoms with E-state index in [9.17, 15) is 4.79 Å². The van der Waals surface area contributed by atoms with Gasteiger partial charge >= 0.3 is 0 Å². The number of carbonyl (C=O) groups is 1. The van der Waals surface area contributed by atoms with Crippen LogP contribution in [-0.4, -0.2) is 40.6 Å². The molecule has 1 aliphatic heterocycles. The number of likely N-dealkylation sites (tertiary alicyclic amines) is 1. The maximum atomic E-state index is 12.3. The van der Waals surface area contributed by atoms with Crippen LogP contribution in [0.25, 0.3) is 0 Å². The molecule has 2 heterocycles. The van der Waals surface area contributed by atoms with Gasteiger partial charge in [0, 0.05) is 25.3 Å². The molecule has 1 aliphatic rings. The van der Waals surface area contributed by atoms with E-state index in [1.54, 1.807) is 6.07 Å². The van der Waals surface area contributed by atoms with Crippen LogP contribution >= 0.6 is 0 Å². The van der Waals surface area contributed by atoms with Crippen molar-refractivity contribution in [1.82, 2.24) is 15.1 Å². The number of nitrogens with zero attached hydrogens (tertiary/aromatic N) is 4. The lowest BCUT2D eigenvalue weighted by molar-refractivity contribution is 0.0786. The van der Waals surface area contributed by atoms with Crippen molar-refractivity contribution >= 4 is 17.4 Å². The zero-order valence-electron chi connectivity index (χ0n) is 12.8. The molecule has 1 aromatic carbocycles. The second-order valence-corrected chi connectivity index (χ2v) is 5.36. The monoisotopic (exact) mass is 296 g/mol. The van der Waals surface area contributed by atoms with Gasteiger partial charge in [0.25, 0.3) is 5.91 Å². The van der Waals surface area contributed by atoms with Crippen LogP contribution in [0.2, 0.25) is 0 Å². The molecule has 2 aromatic rings. The first-order valence-electron chi connectivity index (χ1n) is 7.75. The molecule has 0 spiro atoms. The molecule has 1 amide bonds. The molecule has 114 valence electrons. The summed E-state index contributed by atoms with van der Waals surface area (Å²) in [6, 6.07) is 13.7. The van der Waals surface area contributed by atoms with E-state index >= 15 is 0 Å². The molecule has 5 nitrogen and oxygen atoms in total. The molecule has 0 radical (unpaired) electrons. The predicted octanol–water partition coefficient (Wildman–Crippen LogP) is 2.87. The Balaban J connectivity index is 1.79. The van der Waals surface area contributed by atoms with E-state index in [1.165, 1.54) is 0 Å². The smallest absolute Gasteiger partial charge is 0.274 e. The van der Waals surface area contributed by atoms with Crippen LogP contribution in [-0.2, 0) is 0 Å². The summed E-state index contributed by atoms with van der Waals surface area (Å²) in [5.74, 6) is 0.742. The van der Waals surface area contributed by atoms with Crippen molar-refractivity contribution in [2.24, 2.45) is 0 Å². The van der Waals surface area contributed by atoms with Crippen LogP contribution in [0.4, 0.5) is 11.5 Å². The Morgan fingerprint density at radius 3 is 2.41 bits per heavy atom. The molecule has 1 saturated heterocycles. The predicted molar refractivity (Wildman–Crippen MR) is 86.3 cm³/mol. The van der Waals surface area contributed by atoms with Gasteiger partial charge in [-0.05, 0) is 44.0 Å². The maximum Gasteiger partial charge on any atom is 0.274 e. The van der Waals surface area contributed by atoms with Gasteiger partial charge in [-0.2, -0.15) is 0 Å². The third-order valence-corrected chi connectivity index (χ3v) is 3.92. The summed E-state index contributed by atoms with van der Waals surface area (Å²) in [4.78, 5) is 16.2. The highest BCUT2D eigenvalue weighted by molar-refractivity contribution is 5.92. The number of anilines is 2. The Morgan fingerprint density at radius 1 is 1.09 bits per heavy atom. The van der Waals surface area contributed by atoms with Crippen molar-refractivity contribution in [3.63, 3.8) is 0 Å². The third kappa shape index (κ3) is 2.93. The van der Waals surface area contributed by atoms with E-state index in [4.69, 9.17) is 0 Å². The number of carbonyl (C=O) groups excluding carboxylic acids is 1. The number of amides is 1. The Bertz CT molecular complexity index is 621. The fraction of sp³-hybridized carbons (Fsp3) is 0.353. The molecule has 1 fully saturated rings. The van der Waals surface area contributed by atoms with Crippen molar-refractivity contribution in [3.05, 3.63) is 48.2 Å². The van der Waals surface area contributed by atoms with Crippen LogP contribution in [0.15, 0.2) is 42.5 Å². The molecular weight excluding hydrogens is 276 g/mol. The zero-order chi connectivity index (χ0) is 15.4. The Morgan fingerprint density at radius 2 is 1.82 bits per heavy atom. The summed E-state index contributed by atoms with van der Waals surface area (Å²) in [5, 5.41) is 8.38. The number of rotatable bonds is 4. The van der Waals surface area contributed by atoms with Crippen molar-refractivity contribution in [3.8, 4) is 0 Å². The van der Waals surface area contributed by atoms with E-state index < -0.39 is 0 Å². The second kappa shape index (κ2) is 6.56. The summed E-state index contributed by atoms with van der Waals surface area (Å²) in [5.41, 5.74) is 1.49. The van der Waals surface area contributed by atoms with Gasteiger partial charge in [0.1, 0.15) is 0 Å². The van der Waals surface area contributed by atoms with Crippen molar-refractivity contribution in [1.29, 1.82) is 0 Å². The van der Waals surface area contributed by atoms with Crippen LogP contribution in [0, 0.1) is 0 Å². The molecule has 0 unspecified atom stereocenters. The lowest BCUT2D eigenvalue weighted by Gasteiger charge is -2.21. The molecule has 22 heavy (non-hydrogen) atoms. The Hall–Kier alpha value is -2.43. The topological polar surface area (TPSA) is 49.3 Å². The number of hydrogen-bond donors (Lipinski definition) is 0. The molecule has 0 bridgehead atoms. The van der Waals surface area contributed by atoms with Crippen molar-refractivity contribution in [2.45, 2.75) is 19.8 Å². The van der Waals surface area contributed by atoms with Crippen LogP contribution < -0.4 is 4.90 Å². The lowest BCUT2D eigenvalue weighted by atomic mass is 10.2. The SMILES string of the molecule is CCN(c1ccccc1)c1ccc(C(=O)N2CCCC2)nn1. The standard InChI is InChI=1S/C17H20N4O/c1-2-21(14-8-4-3-5-9-14)16-11-10-15(18-19-16)17(22)20-12-6-7-13-20/h3-5,8-11H,2,6-7,12-13H2,1H3. The first-order valence-corrected chi connectivity index (χ1v) is 7.75. The van der Waals surface area contributed by atoms with E-state index in [2.05, 4.69) is 22.0 Å². The van der Waals surface area contributed by atoms with Crippen molar-refractivity contribution in [2.75, 3.05) is 24.5 Å². The molecule has 1 aromatic heterocycles. The fourth-order valence-electron chi connectivity index (χ4n) is 2.75. The van der Waals surface area contributed by atoms with Gasteiger partial charge in [-0.25, -0.2) is 0 Å². The summed E-state index contributed by atoms with van der Waals surface area (Å²) in [7, 11) is 0. The zero-order valence-corrected chi connectivity index (χ0v) is 12.8. The molecule has 0 aliphatic carbocycles. The minimum absolute atomic E-state index is 0.0145. The van der Waals surface area contributed by atoms with Gasteiger partial charge in [0.05, 0.1) is 0 Å². The molecule has 0 saturated carbocycles. The van der Waals surface area contributed by atoms with Gasteiger partial charge in [-0.3, -0.25) is 4.79 Å². The Kier molecular flexibility index (Phi) is 4.32. The van der Waals surface area contributed by atoms with Gasteiger partial charge in [-0.1, -0.05) is 18.2 Å². The number of para-hydroxylation sites is 1. The summed E-state index contributed by atoms with van der Waals surface area (Å²) in [6.45, 7) is 4.51. The fourth-order valence-corrected chi connectivity index (χ4v) is 2.75. The highest BCUT2D eigenvalue weighted by Crippen LogP contribution is 2.22. The summed E-state index contributed by atoms with van der Waals surface area (Å²) >= 11 is 0. The quantitative estimate of drug-likeness (QED) is 0.870. The average Bonchev–Trinajstić information content (AvgIpc) is 3.11. The van der Waals surface area contributed by atoms with Crippen LogP contribution in [0.1, 0.15) is 30.3 Å². The van der Waals surface area contributed by atoms with E-state index in [-0.39, 0.29) is 5.91 Å². The minimum atomic E-state index is -0.0145. The van der Waals surface area contributed by atoms with Crippen LogP contribution in [0.5, 0.6) is 0 Å². The van der Waals surface area contributed by atoms with E-state index in [1.807, 2.05) is 41.3 Å². The Labute approximate surface area is 130 Å². The highest BCUT2D eigenvalue weighted by Gasteiger charge is 2.21. The van der Waals surface area contributed by atoms with Gasteiger partial charge < -0.3 is 9.80 Å². The van der Waals surface area contributed by atoms with Crippen molar-refractivity contribution < 1.29 is 4.79 Å². The molecule has 0 atom stereocenters. The summed E-state index contributed by atoms with van der Waals surface area (Å²) in [6.07, 6.45) is 2.16. The van der Waals surface area contributed by atoms with Crippen LogP contribution in [0.3, 0.4) is 0 Å². The highest BCUT2D eigenvalue weighted by atomic mass is 16.2. The molecular formula is C17H20N4O. The summed E-state index contributed by atoms with van der Waals surface area (Å²) < 4.78 is 0. The van der Waals surface area contributed by atoms with E-state index in [0.717, 1.165) is 44.0 Å². The molecule has 3 rings (SSSR count). The first-order chi connectivity index (χ1) is 10.8. The maximum absolute atomic E-state index is 12.3. The van der Waals surface area contributed by atoms with Gasteiger partial charge in [0.15, 0.2) is 11.5 Å². The lowest BCUT2D eigenvalue weighted by Crippen LogP contribution is -2.29. The number of hydrogen-bond acceptors (Lipinski definition) is 4. The largest absolute Gasteiger partial charge is 0.337 e. The van der Waals surface area contributed by atoms with Gasteiger partial charge in [0.2, 0.25) is 0 Å². The molecule has 0 N–H and O–H groups in total. The molecule has 5 heteroatoms. The second-order valence-electron chi connectivity index (χ2n) is 5.36. The normalized spacial score (nSPS) is 14.1. The average molecular weight is 296 g/mol. The van der Waals surface area contributed by atoms with Gasteiger partial charge in [-0.15, -0.1) is 10.2 Å². The third-order valence-electron chi connectivity index (χ3n) is 3.92. The minimum Gasteiger partial charge on any atom is -0.337 e.